The third-order valence-electron chi connectivity index (χ3n) is 2.84. The average molecular weight is 222 g/mol. The number of rotatable bonds is 5. The van der Waals surface area contributed by atoms with E-state index in [2.05, 4.69) is 0 Å². The Morgan fingerprint density at radius 3 is 2.69 bits per heavy atom. The number of hydrogen-bond acceptors (Lipinski definition) is 2. The standard InChI is InChI=1S/C12H18N2O2/c1-3-11(4-6-13(2)9-15)12-5-7-14(8-12)10-16/h3-4,6,9-10,12H,5,7-8H2,1-2H3/b6-4-,11-3+. The summed E-state index contributed by atoms with van der Waals surface area (Å²) >= 11 is 0. The number of nitrogens with zero attached hydrogens (tertiary/aromatic N) is 2. The Balaban J connectivity index is 2.59. The van der Waals surface area contributed by atoms with Gasteiger partial charge in [0.2, 0.25) is 12.8 Å². The van der Waals surface area contributed by atoms with Crippen LogP contribution in [0.25, 0.3) is 0 Å². The summed E-state index contributed by atoms with van der Waals surface area (Å²) in [6.45, 7) is 3.57. The normalized spacial score (nSPS) is 21.5. The van der Waals surface area contributed by atoms with Gasteiger partial charge in [0.1, 0.15) is 0 Å². The van der Waals surface area contributed by atoms with Crippen LogP contribution >= 0.6 is 0 Å². The van der Waals surface area contributed by atoms with Crippen molar-refractivity contribution in [2.45, 2.75) is 13.3 Å². The average Bonchev–Trinajstić information content (AvgIpc) is 2.78. The first-order valence-corrected chi connectivity index (χ1v) is 5.42. The van der Waals surface area contributed by atoms with Crippen molar-refractivity contribution < 1.29 is 9.59 Å². The van der Waals surface area contributed by atoms with E-state index in [0.29, 0.717) is 5.92 Å². The number of carbonyl (C=O) groups is 2. The van der Waals surface area contributed by atoms with Crippen molar-refractivity contribution in [3.05, 3.63) is 23.9 Å². The molecule has 88 valence electrons. The van der Waals surface area contributed by atoms with E-state index in [4.69, 9.17) is 0 Å². The second-order valence-electron chi connectivity index (χ2n) is 3.96. The summed E-state index contributed by atoms with van der Waals surface area (Å²) in [5, 5.41) is 0. The molecule has 0 N–H and O–H groups in total. The lowest BCUT2D eigenvalue weighted by atomic mass is 9.98. The molecule has 0 aromatic heterocycles. The van der Waals surface area contributed by atoms with Crippen molar-refractivity contribution in [3.63, 3.8) is 0 Å². The van der Waals surface area contributed by atoms with Crippen LogP contribution in [0.1, 0.15) is 13.3 Å². The van der Waals surface area contributed by atoms with E-state index in [1.165, 1.54) is 10.5 Å². The van der Waals surface area contributed by atoms with Crippen LogP contribution in [0.3, 0.4) is 0 Å². The van der Waals surface area contributed by atoms with Crippen molar-refractivity contribution in [1.29, 1.82) is 0 Å². The molecule has 16 heavy (non-hydrogen) atoms. The van der Waals surface area contributed by atoms with E-state index in [1.807, 2.05) is 19.1 Å². The lowest BCUT2D eigenvalue weighted by molar-refractivity contribution is -0.117. The second kappa shape index (κ2) is 6.10. The summed E-state index contributed by atoms with van der Waals surface area (Å²) in [4.78, 5) is 24.3. The van der Waals surface area contributed by atoms with E-state index < -0.39 is 0 Å². The fourth-order valence-corrected chi connectivity index (χ4v) is 1.86. The van der Waals surface area contributed by atoms with Crippen LogP contribution in [0.15, 0.2) is 23.9 Å². The molecule has 4 heteroatoms. The van der Waals surface area contributed by atoms with Gasteiger partial charge in [-0.1, -0.05) is 6.08 Å². The zero-order valence-electron chi connectivity index (χ0n) is 9.80. The maximum atomic E-state index is 10.6. The molecule has 4 nitrogen and oxygen atoms in total. The summed E-state index contributed by atoms with van der Waals surface area (Å²) in [6, 6.07) is 0. The Hall–Kier alpha value is -1.58. The molecule has 1 fully saturated rings. The summed E-state index contributed by atoms with van der Waals surface area (Å²) in [6.07, 6.45) is 8.37. The minimum atomic E-state index is 0.395. The van der Waals surface area contributed by atoms with E-state index in [1.54, 1.807) is 18.1 Å². The third kappa shape index (κ3) is 3.22. The highest BCUT2D eigenvalue weighted by atomic mass is 16.1. The minimum absolute atomic E-state index is 0.395. The Kier molecular flexibility index (Phi) is 4.76. The van der Waals surface area contributed by atoms with Gasteiger partial charge in [-0.05, 0) is 25.0 Å². The number of amides is 2. The molecule has 1 aliphatic heterocycles. The molecule has 1 atom stereocenters. The molecule has 0 saturated carbocycles. The highest BCUT2D eigenvalue weighted by molar-refractivity contribution is 5.49. The number of allylic oxidation sites excluding steroid dienone is 2. The molecule has 1 heterocycles. The molecular formula is C12H18N2O2. The molecule has 1 rings (SSSR count). The summed E-state index contributed by atoms with van der Waals surface area (Å²) in [7, 11) is 1.70. The zero-order chi connectivity index (χ0) is 12.0. The van der Waals surface area contributed by atoms with Crippen molar-refractivity contribution >= 4 is 12.8 Å². The van der Waals surface area contributed by atoms with Gasteiger partial charge in [0.25, 0.3) is 0 Å². The molecule has 1 unspecified atom stereocenters. The van der Waals surface area contributed by atoms with Crippen LogP contribution < -0.4 is 0 Å². The molecule has 0 bridgehead atoms. The first kappa shape index (κ1) is 12.5. The van der Waals surface area contributed by atoms with Crippen molar-refractivity contribution in [2.75, 3.05) is 20.1 Å². The fourth-order valence-electron chi connectivity index (χ4n) is 1.86. The number of hydrogen-bond donors (Lipinski definition) is 0. The maximum Gasteiger partial charge on any atom is 0.213 e. The molecule has 2 amide bonds. The van der Waals surface area contributed by atoms with Crippen LogP contribution in [0.4, 0.5) is 0 Å². The van der Waals surface area contributed by atoms with Crippen molar-refractivity contribution in [2.24, 2.45) is 5.92 Å². The van der Waals surface area contributed by atoms with E-state index in [9.17, 15) is 9.59 Å². The molecule has 0 aromatic carbocycles. The molecule has 0 spiro atoms. The van der Waals surface area contributed by atoms with Crippen molar-refractivity contribution in [3.8, 4) is 0 Å². The monoisotopic (exact) mass is 222 g/mol. The molecule has 0 aromatic rings. The van der Waals surface area contributed by atoms with Gasteiger partial charge in [0, 0.05) is 32.3 Å². The molecule has 0 aliphatic carbocycles. The van der Waals surface area contributed by atoms with Gasteiger partial charge < -0.3 is 9.80 Å². The van der Waals surface area contributed by atoms with Crippen LogP contribution in [0, 0.1) is 5.92 Å². The van der Waals surface area contributed by atoms with Gasteiger partial charge in [-0.15, -0.1) is 0 Å². The van der Waals surface area contributed by atoms with Gasteiger partial charge in [-0.3, -0.25) is 9.59 Å². The summed E-state index contributed by atoms with van der Waals surface area (Å²) < 4.78 is 0. The molecule has 1 aliphatic rings. The van der Waals surface area contributed by atoms with Gasteiger partial charge in [0.05, 0.1) is 0 Å². The predicted octanol–water partition coefficient (Wildman–Crippen LogP) is 1.01. The quantitative estimate of drug-likeness (QED) is 0.514. The van der Waals surface area contributed by atoms with Gasteiger partial charge >= 0.3 is 0 Å². The lowest BCUT2D eigenvalue weighted by Gasteiger charge is -2.12. The van der Waals surface area contributed by atoms with Gasteiger partial charge in [-0.25, -0.2) is 0 Å². The number of carbonyl (C=O) groups excluding carboxylic acids is 2. The molecular weight excluding hydrogens is 204 g/mol. The molecule has 0 radical (unpaired) electrons. The smallest absolute Gasteiger partial charge is 0.213 e. The first-order valence-electron chi connectivity index (χ1n) is 5.42. The minimum Gasteiger partial charge on any atom is -0.345 e. The summed E-state index contributed by atoms with van der Waals surface area (Å²) in [5.74, 6) is 0.395. The lowest BCUT2D eigenvalue weighted by Crippen LogP contribution is -2.18. The van der Waals surface area contributed by atoms with E-state index in [0.717, 1.165) is 32.3 Å². The van der Waals surface area contributed by atoms with Crippen LogP contribution in [-0.2, 0) is 9.59 Å². The Bertz CT molecular complexity index is 310. The Morgan fingerprint density at radius 2 is 2.19 bits per heavy atom. The Morgan fingerprint density at radius 1 is 1.44 bits per heavy atom. The highest BCUT2D eigenvalue weighted by Crippen LogP contribution is 2.23. The van der Waals surface area contributed by atoms with E-state index >= 15 is 0 Å². The van der Waals surface area contributed by atoms with Crippen LogP contribution in [0.2, 0.25) is 0 Å². The first-order chi connectivity index (χ1) is 7.71. The third-order valence-corrected chi connectivity index (χ3v) is 2.84. The second-order valence-corrected chi connectivity index (χ2v) is 3.96. The van der Waals surface area contributed by atoms with Gasteiger partial charge in [-0.2, -0.15) is 0 Å². The van der Waals surface area contributed by atoms with Crippen LogP contribution in [0.5, 0.6) is 0 Å². The molecule has 1 saturated heterocycles. The zero-order valence-corrected chi connectivity index (χ0v) is 9.80. The van der Waals surface area contributed by atoms with Crippen molar-refractivity contribution in [1.82, 2.24) is 9.80 Å². The fraction of sp³-hybridized carbons (Fsp3) is 0.500. The van der Waals surface area contributed by atoms with E-state index in [-0.39, 0.29) is 0 Å². The topological polar surface area (TPSA) is 40.6 Å². The maximum absolute atomic E-state index is 10.6. The highest BCUT2D eigenvalue weighted by Gasteiger charge is 2.22. The largest absolute Gasteiger partial charge is 0.345 e. The van der Waals surface area contributed by atoms with Crippen LogP contribution in [-0.4, -0.2) is 42.8 Å². The SMILES string of the molecule is C/C=C(\C=C/N(C)C=O)C1CCN(C=O)C1. The predicted molar refractivity (Wildman–Crippen MR) is 62.5 cm³/mol. The number of likely N-dealkylation sites (tertiary alicyclic amines) is 1. The summed E-state index contributed by atoms with van der Waals surface area (Å²) in [5.41, 5.74) is 1.18. The van der Waals surface area contributed by atoms with Gasteiger partial charge in [0.15, 0.2) is 0 Å². The Labute approximate surface area is 96.2 Å².